The summed E-state index contributed by atoms with van der Waals surface area (Å²) >= 11 is 13.9. The molecule has 5 heteroatoms. The highest BCUT2D eigenvalue weighted by Gasteiger charge is 2.14. The van der Waals surface area contributed by atoms with Gasteiger partial charge < -0.3 is 5.32 Å². The normalized spacial score (nSPS) is 12.0. The highest BCUT2D eigenvalue weighted by molar-refractivity contribution is 7.98. The molecule has 2 rings (SSSR count). The lowest BCUT2D eigenvalue weighted by Gasteiger charge is -2.12. The van der Waals surface area contributed by atoms with Gasteiger partial charge in [0.25, 0.3) is 5.91 Å². The van der Waals surface area contributed by atoms with Gasteiger partial charge in [-0.25, -0.2) is 0 Å². The average molecular weight is 340 g/mol. The highest BCUT2D eigenvalue weighted by Crippen LogP contribution is 2.23. The van der Waals surface area contributed by atoms with E-state index in [1.54, 1.807) is 23.9 Å². The first-order chi connectivity index (χ1) is 10.1. The maximum Gasteiger partial charge on any atom is 0.252 e. The van der Waals surface area contributed by atoms with Gasteiger partial charge in [0.05, 0.1) is 16.0 Å². The Bertz CT molecular complexity index is 619. The molecule has 110 valence electrons. The minimum absolute atomic E-state index is 0.211. The topological polar surface area (TPSA) is 29.1 Å². The molecule has 21 heavy (non-hydrogen) atoms. The summed E-state index contributed by atoms with van der Waals surface area (Å²) in [6.45, 7) is 0.351. The van der Waals surface area contributed by atoms with Crippen LogP contribution in [0.4, 0.5) is 0 Å². The van der Waals surface area contributed by atoms with Gasteiger partial charge in [0.15, 0.2) is 0 Å². The van der Waals surface area contributed by atoms with Gasteiger partial charge in [0.2, 0.25) is 0 Å². The number of carbonyl (C=O) groups excluding carboxylic acids is 1. The molecule has 0 saturated heterocycles. The van der Waals surface area contributed by atoms with E-state index in [1.807, 2.05) is 42.7 Å². The minimum atomic E-state index is -0.266. The third-order valence-electron chi connectivity index (χ3n) is 3.02. The van der Waals surface area contributed by atoms with Crippen molar-refractivity contribution in [2.75, 3.05) is 12.8 Å². The molecule has 0 spiro atoms. The minimum Gasteiger partial charge on any atom is -0.350 e. The van der Waals surface area contributed by atoms with E-state index < -0.39 is 0 Å². The van der Waals surface area contributed by atoms with Crippen molar-refractivity contribution in [3.63, 3.8) is 0 Å². The fourth-order valence-electron chi connectivity index (χ4n) is 1.86. The number of amides is 1. The maximum atomic E-state index is 12.2. The number of nitrogens with one attached hydrogen (secondary N) is 1. The van der Waals surface area contributed by atoms with Crippen LogP contribution in [-0.4, -0.2) is 18.7 Å². The van der Waals surface area contributed by atoms with Crippen LogP contribution in [0, 0.1) is 0 Å². The Morgan fingerprint density at radius 2 is 1.95 bits per heavy atom. The van der Waals surface area contributed by atoms with Gasteiger partial charge in [-0.05, 0) is 30.0 Å². The van der Waals surface area contributed by atoms with Crippen molar-refractivity contribution < 1.29 is 4.79 Å². The standard InChI is InChI=1S/C16H15Cl2NOS/c1-21-12-7-8-14(17)13(9-12)16(20)19-10-15(18)11-5-3-2-4-6-11/h2-9,15H,10H2,1H3,(H,19,20). The molecule has 1 atom stereocenters. The quantitative estimate of drug-likeness (QED) is 0.627. The third kappa shape index (κ3) is 4.40. The van der Waals surface area contributed by atoms with Crippen LogP contribution in [0.3, 0.4) is 0 Å². The van der Waals surface area contributed by atoms with E-state index in [2.05, 4.69) is 5.32 Å². The Balaban J connectivity index is 2.02. The van der Waals surface area contributed by atoms with Gasteiger partial charge in [0.1, 0.15) is 0 Å². The molecule has 0 saturated carbocycles. The Labute approximate surface area is 138 Å². The molecule has 0 aromatic heterocycles. The Morgan fingerprint density at radius 1 is 1.24 bits per heavy atom. The molecule has 1 unspecified atom stereocenters. The van der Waals surface area contributed by atoms with Crippen molar-refractivity contribution in [2.24, 2.45) is 0 Å². The van der Waals surface area contributed by atoms with E-state index in [1.165, 1.54) is 0 Å². The number of halogens is 2. The summed E-state index contributed by atoms with van der Waals surface area (Å²) in [6.07, 6.45) is 1.95. The lowest BCUT2D eigenvalue weighted by molar-refractivity contribution is 0.0953. The highest BCUT2D eigenvalue weighted by atomic mass is 35.5. The fraction of sp³-hybridized carbons (Fsp3) is 0.188. The van der Waals surface area contributed by atoms with Crippen LogP contribution in [-0.2, 0) is 0 Å². The third-order valence-corrected chi connectivity index (χ3v) is 4.48. The molecule has 2 aromatic rings. The zero-order chi connectivity index (χ0) is 15.2. The van der Waals surface area contributed by atoms with Crippen LogP contribution in [0.1, 0.15) is 21.3 Å². The van der Waals surface area contributed by atoms with Crippen LogP contribution in [0.5, 0.6) is 0 Å². The van der Waals surface area contributed by atoms with E-state index in [-0.39, 0.29) is 11.3 Å². The molecule has 0 fully saturated rings. The number of thioether (sulfide) groups is 1. The molecule has 0 aliphatic carbocycles. The van der Waals surface area contributed by atoms with Gasteiger partial charge in [-0.3, -0.25) is 4.79 Å². The van der Waals surface area contributed by atoms with E-state index in [0.29, 0.717) is 17.1 Å². The smallest absolute Gasteiger partial charge is 0.252 e. The summed E-state index contributed by atoms with van der Waals surface area (Å²) in [5.74, 6) is -0.211. The van der Waals surface area contributed by atoms with E-state index in [4.69, 9.17) is 23.2 Å². The molecular weight excluding hydrogens is 325 g/mol. The average Bonchev–Trinajstić information content (AvgIpc) is 2.53. The van der Waals surface area contributed by atoms with E-state index >= 15 is 0 Å². The lowest BCUT2D eigenvalue weighted by Crippen LogP contribution is -2.27. The fourth-order valence-corrected chi connectivity index (χ4v) is 2.73. The monoisotopic (exact) mass is 339 g/mol. The molecule has 2 aromatic carbocycles. The van der Waals surface area contributed by atoms with Crippen molar-refractivity contribution >= 4 is 40.9 Å². The second-order valence-corrected chi connectivity index (χ2v) is 6.25. The van der Waals surface area contributed by atoms with Gasteiger partial charge in [-0.1, -0.05) is 41.9 Å². The van der Waals surface area contributed by atoms with Crippen molar-refractivity contribution in [3.05, 3.63) is 64.7 Å². The molecule has 0 aliphatic rings. The number of alkyl halides is 1. The van der Waals surface area contributed by atoms with Crippen molar-refractivity contribution in [1.82, 2.24) is 5.32 Å². The number of benzene rings is 2. The second-order valence-electron chi connectivity index (χ2n) is 4.43. The summed E-state index contributed by atoms with van der Waals surface area (Å²) in [6, 6.07) is 15.1. The first-order valence-corrected chi connectivity index (χ1v) is 8.46. The summed E-state index contributed by atoms with van der Waals surface area (Å²) in [5, 5.41) is 3.00. The number of hydrogen-bond donors (Lipinski definition) is 1. The molecule has 0 heterocycles. The SMILES string of the molecule is CSc1ccc(Cl)c(C(=O)NCC(Cl)c2ccccc2)c1. The van der Waals surface area contributed by atoms with Crippen molar-refractivity contribution in [2.45, 2.75) is 10.3 Å². The predicted octanol–water partition coefficient (Wildman–Crippen LogP) is 4.77. The first kappa shape index (κ1) is 16.2. The van der Waals surface area contributed by atoms with Gasteiger partial charge in [-0.2, -0.15) is 0 Å². The van der Waals surface area contributed by atoms with Gasteiger partial charge >= 0.3 is 0 Å². The van der Waals surface area contributed by atoms with Crippen LogP contribution >= 0.6 is 35.0 Å². The van der Waals surface area contributed by atoms with Gasteiger partial charge in [0, 0.05) is 11.4 Å². The molecule has 2 nitrogen and oxygen atoms in total. The predicted molar refractivity (Wildman–Crippen MR) is 90.6 cm³/mol. The van der Waals surface area contributed by atoms with Crippen LogP contribution in [0.25, 0.3) is 0 Å². The van der Waals surface area contributed by atoms with Crippen LogP contribution < -0.4 is 5.32 Å². The Morgan fingerprint density at radius 3 is 2.62 bits per heavy atom. The molecule has 1 N–H and O–H groups in total. The molecule has 1 amide bonds. The van der Waals surface area contributed by atoms with Gasteiger partial charge in [-0.15, -0.1) is 23.4 Å². The zero-order valence-corrected chi connectivity index (χ0v) is 13.8. The number of hydrogen-bond acceptors (Lipinski definition) is 2. The lowest BCUT2D eigenvalue weighted by atomic mass is 10.1. The molecule has 0 bridgehead atoms. The first-order valence-electron chi connectivity index (χ1n) is 6.42. The van der Waals surface area contributed by atoms with E-state index in [0.717, 1.165) is 10.5 Å². The molecule has 0 radical (unpaired) electrons. The number of rotatable bonds is 5. The Hall–Kier alpha value is -1.16. The largest absolute Gasteiger partial charge is 0.350 e. The van der Waals surface area contributed by atoms with Crippen molar-refractivity contribution in [3.8, 4) is 0 Å². The van der Waals surface area contributed by atoms with E-state index in [9.17, 15) is 4.79 Å². The zero-order valence-electron chi connectivity index (χ0n) is 11.5. The van der Waals surface area contributed by atoms with Crippen LogP contribution in [0.15, 0.2) is 53.4 Å². The van der Waals surface area contributed by atoms with Crippen molar-refractivity contribution in [1.29, 1.82) is 0 Å². The summed E-state index contributed by atoms with van der Waals surface area (Å²) in [7, 11) is 0. The summed E-state index contributed by atoms with van der Waals surface area (Å²) in [5.41, 5.74) is 1.45. The maximum absolute atomic E-state index is 12.2. The molecule has 0 aliphatic heterocycles. The number of carbonyl (C=O) groups is 1. The summed E-state index contributed by atoms with van der Waals surface area (Å²) in [4.78, 5) is 13.2. The summed E-state index contributed by atoms with van der Waals surface area (Å²) < 4.78 is 0. The Kier molecular flexibility index (Phi) is 5.97. The second kappa shape index (κ2) is 7.74. The van der Waals surface area contributed by atoms with Crippen LogP contribution in [0.2, 0.25) is 5.02 Å². The molecular formula is C16H15Cl2NOS.